The fourth-order valence-electron chi connectivity index (χ4n) is 3.31. The molecule has 2 aromatic heterocycles. The Balaban J connectivity index is 1.61. The van der Waals surface area contributed by atoms with Crippen molar-refractivity contribution in [1.82, 2.24) is 19.5 Å². The second kappa shape index (κ2) is 9.28. The molecule has 0 unspecified atom stereocenters. The number of fused-ring (bicyclic) bond motifs is 1. The maximum absolute atomic E-state index is 10.5. The van der Waals surface area contributed by atoms with E-state index in [1.165, 1.54) is 10.9 Å². The van der Waals surface area contributed by atoms with Crippen molar-refractivity contribution in [2.45, 2.75) is 24.5 Å². The number of nitrogen functional groups attached to an aromatic ring is 1. The number of nitrogens with one attached hydrogen (secondary N) is 1. The number of anilines is 2. The highest BCUT2D eigenvalue weighted by molar-refractivity contribution is 5.84. The average Bonchev–Trinajstić information content (AvgIpc) is 3.31. The number of rotatable bonds is 8. The summed E-state index contributed by atoms with van der Waals surface area (Å²) in [5, 5.41) is 34.2. The molecule has 0 aliphatic carbocycles. The normalized spacial score (nSPS) is 23.1. The first-order valence-electron chi connectivity index (χ1n) is 9.77. The van der Waals surface area contributed by atoms with Gasteiger partial charge in [0.05, 0.1) is 12.8 Å². The number of nitrogens with two attached hydrogens (primary N) is 1. The second-order valence-electron chi connectivity index (χ2n) is 7.00. The molecule has 0 bridgehead atoms. The topological polar surface area (TPSA) is 173 Å². The summed E-state index contributed by atoms with van der Waals surface area (Å²) in [4.78, 5) is 12.5. The van der Waals surface area contributed by atoms with Crippen LogP contribution in [0.5, 0.6) is 5.75 Å². The quantitative estimate of drug-likeness (QED) is 0.182. The molecule has 1 saturated heterocycles. The molecular formula is C20H23N7O5. The molecule has 0 amide bonds. The van der Waals surface area contributed by atoms with E-state index >= 15 is 0 Å². The van der Waals surface area contributed by atoms with E-state index < -0.39 is 31.1 Å². The Bertz CT molecular complexity index is 1120. The lowest BCUT2D eigenvalue weighted by Gasteiger charge is -2.18. The molecule has 3 aromatic rings. The van der Waals surface area contributed by atoms with Crippen molar-refractivity contribution >= 4 is 29.1 Å². The van der Waals surface area contributed by atoms with E-state index in [0.717, 1.165) is 5.56 Å². The van der Waals surface area contributed by atoms with Crippen LogP contribution in [0.25, 0.3) is 11.2 Å². The smallest absolute Gasteiger partial charge is 0.228 e. The Kier molecular flexibility index (Phi) is 6.28. The number of aliphatic hydroxyl groups excluding tert-OH is 3. The van der Waals surface area contributed by atoms with Crippen molar-refractivity contribution in [3.8, 4) is 5.75 Å². The third-order valence-corrected chi connectivity index (χ3v) is 4.90. The van der Waals surface area contributed by atoms with Crippen LogP contribution in [0.3, 0.4) is 0 Å². The fraction of sp³-hybridized carbons (Fsp3) is 0.300. The first kappa shape index (κ1) is 21.6. The van der Waals surface area contributed by atoms with Gasteiger partial charge in [0.2, 0.25) is 5.95 Å². The van der Waals surface area contributed by atoms with Gasteiger partial charge in [-0.2, -0.15) is 5.10 Å². The second-order valence-corrected chi connectivity index (χ2v) is 7.00. The maximum atomic E-state index is 10.5. The minimum atomic E-state index is -1.34. The van der Waals surface area contributed by atoms with Crippen molar-refractivity contribution in [2.24, 2.45) is 5.10 Å². The molecule has 1 aromatic carbocycles. The fourth-order valence-corrected chi connectivity index (χ4v) is 3.31. The van der Waals surface area contributed by atoms with Crippen molar-refractivity contribution < 1.29 is 24.8 Å². The standard InChI is InChI=1S/C20H23N7O5/c1-2-7-31-12-5-3-11(4-6-12)8-24-26-20-25-14-17(21)22-10-23-18(14)27(20)19-16(30)15(29)13(9-28)32-19/h2-6,8,10,13,15-16,19,28-30H,1,7,9H2,(H,25,26)(H2,21,22,23)/t13-,15-,16-,19-/m0/s1. The number of ether oxygens (including phenoxy) is 2. The van der Waals surface area contributed by atoms with Crippen molar-refractivity contribution in [3.63, 3.8) is 0 Å². The first-order chi connectivity index (χ1) is 15.5. The third kappa shape index (κ3) is 4.11. The minimum Gasteiger partial charge on any atom is -0.490 e. The van der Waals surface area contributed by atoms with Gasteiger partial charge in [-0.25, -0.2) is 20.4 Å². The summed E-state index contributed by atoms with van der Waals surface area (Å²) in [5.74, 6) is 0.988. The van der Waals surface area contributed by atoms with Gasteiger partial charge in [-0.15, -0.1) is 0 Å². The molecule has 32 heavy (non-hydrogen) atoms. The number of hydrazone groups is 1. The molecule has 1 fully saturated rings. The summed E-state index contributed by atoms with van der Waals surface area (Å²) >= 11 is 0. The zero-order valence-electron chi connectivity index (χ0n) is 16.9. The van der Waals surface area contributed by atoms with Crippen LogP contribution >= 0.6 is 0 Å². The van der Waals surface area contributed by atoms with E-state index in [2.05, 4.69) is 32.1 Å². The van der Waals surface area contributed by atoms with Gasteiger partial charge in [-0.05, 0) is 29.8 Å². The number of imidazole rings is 1. The molecule has 4 rings (SSSR count). The third-order valence-electron chi connectivity index (χ3n) is 4.90. The van der Waals surface area contributed by atoms with Gasteiger partial charge in [0.1, 0.15) is 37.0 Å². The monoisotopic (exact) mass is 441 g/mol. The first-order valence-corrected chi connectivity index (χ1v) is 9.77. The Morgan fingerprint density at radius 1 is 1.25 bits per heavy atom. The van der Waals surface area contributed by atoms with Crippen molar-refractivity contribution in [1.29, 1.82) is 0 Å². The summed E-state index contributed by atoms with van der Waals surface area (Å²) < 4.78 is 12.5. The minimum absolute atomic E-state index is 0.127. The number of hydrogen-bond acceptors (Lipinski definition) is 11. The van der Waals surface area contributed by atoms with Crippen LogP contribution in [0.4, 0.5) is 11.8 Å². The summed E-state index contributed by atoms with van der Waals surface area (Å²) in [5.41, 5.74) is 10.0. The molecule has 0 spiro atoms. The Labute approximate surface area is 182 Å². The van der Waals surface area contributed by atoms with Gasteiger partial charge in [0, 0.05) is 0 Å². The van der Waals surface area contributed by atoms with Gasteiger partial charge in [0.25, 0.3) is 0 Å². The summed E-state index contributed by atoms with van der Waals surface area (Å²) in [6, 6.07) is 7.25. The summed E-state index contributed by atoms with van der Waals surface area (Å²) in [6.45, 7) is 3.56. The number of nitrogens with zero attached hydrogens (tertiary/aromatic N) is 5. The SMILES string of the molecule is C=CCOc1ccc(C=NNc2nc3c(N)ncnc3n2[C@H]2O[C@@H](CO)[C@H](O)[C@@H]2O)cc1. The molecule has 4 atom stereocenters. The summed E-state index contributed by atoms with van der Waals surface area (Å²) in [7, 11) is 0. The lowest BCUT2D eigenvalue weighted by atomic mass is 10.1. The summed E-state index contributed by atoms with van der Waals surface area (Å²) in [6.07, 6.45) is -0.207. The number of aromatic nitrogens is 4. The average molecular weight is 441 g/mol. The molecule has 1 aliphatic heterocycles. The largest absolute Gasteiger partial charge is 0.490 e. The number of aliphatic hydroxyl groups is 3. The maximum Gasteiger partial charge on any atom is 0.228 e. The predicted octanol–water partition coefficient (Wildman–Crippen LogP) is 0.0308. The lowest BCUT2D eigenvalue weighted by Crippen LogP contribution is -2.33. The highest BCUT2D eigenvalue weighted by Crippen LogP contribution is 2.35. The molecule has 0 saturated carbocycles. The molecule has 168 valence electrons. The van der Waals surface area contributed by atoms with Crippen LogP contribution in [0, 0.1) is 0 Å². The van der Waals surface area contributed by atoms with Crippen LogP contribution in [0.2, 0.25) is 0 Å². The van der Waals surface area contributed by atoms with Gasteiger partial charge < -0.3 is 30.5 Å². The molecular weight excluding hydrogens is 418 g/mol. The molecule has 6 N–H and O–H groups in total. The predicted molar refractivity (Wildman–Crippen MR) is 116 cm³/mol. The van der Waals surface area contributed by atoms with E-state index in [0.29, 0.717) is 12.4 Å². The van der Waals surface area contributed by atoms with Crippen LogP contribution in [0.1, 0.15) is 11.8 Å². The van der Waals surface area contributed by atoms with Gasteiger partial charge >= 0.3 is 0 Å². The Hall–Kier alpha value is -3.58. The Morgan fingerprint density at radius 3 is 2.72 bits per heavy atom. The lowest BCUT2D eigenvalue weighted by molar-refractivity contribution is -0.0501. The van der Waals surface area contributed by atoms with Gasteiger partial charge in [-0.1, -0.05) is 12.7 Å². The van der Waals surface area contributed by atoms with Crippen LogP contribution in [0.15, 0.2) is 48.3 Å². The van der Waals surface area contributed by atoms with Crippen LogP contribution < -0.4 is 15.9 Å². The zero-order valence-corrected chi connectivity index (χ0v) is 16.9. The molecule has 0 radical (unpaired) electrons. The van der Waals surface area contributed by atoms with E-state index in [4.69, 9.17) is 15.2 Å². The molecule has 12 heteroatoms. The Morgan fingerprint density at radius 2 is 2.03 bits per heavy atom. The highest BCUT2D eigenvalue weighted by atomic mass is 16.6. The van der Waals surface area contributed by atoms with Crippen LogP contribution in [-0.4, -0.2) is 72.6 Å². The molecule has 12 nitrogen and oxygen atoms in total. The number of hydrogen-bond donors (Lipinski definition) is 5. The molecule has 1 aliphatic rings. The van der Waals surface area contributed by atoms with E-state index in [1.54, 1.807) is 24.4 Å². The highest BCUT2D eigenvalue weighted by Gasteiger charge is 2.45. The zero-order chi connectivity index (χ0) is 22.7. The number of benzene rings is 1. The van der Waals surface area contributed by atoms with Crippen molar-refractivity contribution in [2.75, 3.05) is 24.4 Å². The van der Waals surface area contributed by atoms with E-state index in [1.807, 2.05) is 12.1 Å². The van der Waals surface area contributed by atoms with Gasteiger partial charge in [-0.3, -0.25) is 4.57 Å². The molecule has 3 heterocycles. The van der Waals surface area contributed by atoms with E-state index in [9.17, 15) is 15.3 Å². The van der Waals surface area contributed by atoms with Crippen LogP contribution in [-0.2, 0) is 4.74 Å². The van der Waals surface area contributed by atoms with E-state index in [-0.39, 0.29) is 22.9 Å². The van der Waals surface area contributed by atoms with Gasteiger partial charge in [0.15, 0.2) is 23.2 Å². The van der Waals surface area contributed by atoms with Crippen molar-refractivity contribution in [3.05, 3.63) is 48.8 Å².